The maximum Gasteiger partial charge on any atom is 1.00 e. The second kappa shape index (κ2) is 7.49. The standard InChI is InChI=1S/C12H9O.Na.H2O/c1-3-7-11(8-4-1)13-12-9-5-2-6-10-12;;/h1,3-10H;;1H2/q-1;+1;/p-1. The van der Waals surface area contributed by atoms with E-state index in [0.29, 0.717) is 0 Å². The molecule has 0 atom stereocenters. The third-order valence-corrected chi connectivity index (χ3v) is 1.67. The van der Waals surface area contributed by atoms with Crippen LogP contribution in [0.15, 0.2) is 54.6 Å². The Morgan fingerprint density at radius 3 is 1.93 bits per heavy atom. The molecule has 0 radical (unpaired) electrons. The van der Waals surface area contributed by atoms with Crippen LogP contribution >= 0.6 is 0 Å². The first-order valence-electron chi connectivity index (χ1n) is 4.14. The molecule has 0 aliphatic carbocycles. The van der Waals surface area contributed by atoms with Crippen LogP contribution in [0, 0.1) is 6.07 Å². The van der Waals surface area contributed by atoms with Crippen LogP contribution < -0.4 is 34.3 Å². The van der Waals surface area contributed by atoms with Gasteiger partial charge >= 0.3 is 29.6 Å². The number of rotatable bonds is 2. The number of ether oxygens (including phenoxy) is 1. The van der Waals surface area contributed by atoms with Gasteiger partial charge in [-0.2, -0.15) is 18.2 Å². The molecule has 0 saturated heterocycles. The Bertz CT molecular complexity index is 324. The fourth-order valence-corrected chi connectivity index (χ4v) is 1.06. The summed E-state index contributed by atoms with van der Waals surface area (Å²) in [4.78, 5) is 0. The van der Waals surface area contributed by atoms with Gasteiger partial charge in [-0.1, -0.05) is 18.2 Å². The number of hydrogen-bond acceptors (Lipinski definition) is 2. The van der Waals surface area contributed by atoms with E-state index in [9.17, 15) is 0 Å². The molecule has 0 aliphatic heterocycles. The van der Waals surface area contributed by atoms with Gasteiger partial charge in [-0.25, -0.2) is 0 Å². The number of benzene rings is 2. The van der Waals surface area contributed by atoms with E-state index in [4.69, 9.17) is 4.74 Å². The molecular formula is C12H10NaO2-. The van der Waals surface area contributed by atoms with Crippen molar-refractivity contribution in [3.63, 3.8) is 0 Å². The molecule has 2 rings (SSSR count). The van der Waals surface area contributed by atoms with Crippen LogP contribution in [0.4, 0.5) is 0 Å². The molecule has 0 saturated carbocycles. The molecule has 1 N–H and O–H groups in total. The van der Waals surface area contributed by atoms with Crippen LogP contribution in [0.2, 0.25) is 0 Å². The van der Waals surface area contributed by atoms with Gasteiger partial charge in [0.1, 0.15) is 5.75 Å². The Kier molecular flexibility index (Phi) is 7.09. The van der Waals surface area contributed by atoms with Gasteiger partial charge in [-0.05, 0) is 12.1 Å². The summed E-state index contributed by atoms with van der Waals surface area (Å²) >= 11 is 0. The van der Waals surface area contributed by atoms with Gasteiger partial charge in [0.2, 0.25) is 0 Å². The first-order chi connectivity index (χ1) is 6.45. The molecule has 0 amide bonds. The summed E-state index contributed by atoms with van der Waals surface area (Å²) in [7, 11) is 0. The quantitative estimate of drug-likeness (QED) is 0.520. The fourth-order valence-electron chi connectivity index (χ4n) is 1.06. The summed E-state index contributed by atoms with van der Waals surface area (Å²) < 4.78 is 5.56. The van der Waals surface area contributed by atoms with E-state index in [0.717, 1.165) is 11.5 Å². The van der Waals surface area contributed by atoms with Crippen LogP contribution in [0.5, 0.6) is 11.5 Å². The van der Waals surface area contributed by atoms with Gasteiger partial charge in [0.25, 0.3) is 0 Å². The molecule has 2 aromatic rings. The topological polar surface area (TPSA) is 39.2 Å². The fraction of sp³-hybridized carbons (Fsp3) is 0. The third kappa shape index (κ3) is 4.49. The van der Waals surface area contributed by atoms with E-state index in [1.54, 1.807) is 0 Å². The molecule has 0 spiro atoms. The monoisotopic (exact) mass is 209 g/mol. The first-order valence-corrected chi connectivity index (χ1v) is 4.14. The van der Waals surface area contributed by atoms with Crippen molar-refractivity contribution in [2.45, 2.75) is 0 Å². The van der Waals surface area contributed by atoms with E-state index in [2.05, 4.69) is 6.07 Å². The molecule has 0 aromatic heterocycles. The van der Waals surface area contributed by atoms with Crippen LogP contribution in [0.1, 0.15) is 0 Å². The molecule has 3 heteroatoms. The van der Waals surface area contributed by atoms with Gasteiger partial charge < -0.3 is 10.2 Å². The maximum atomic E-state index is 5.56. The van der Waals surface area contributed by atoms with E-state index in [1.807, 2.05) is 54.6 Å². The van der Waals surface area contributed by atoms with E-state index in [-0.39, 0.29) is 35.0 Å². The second-order valence-corrected chi connectivity index (χ2v) is 2.65. The summed E-state index contributed by atoms with van der Waals surface area (Å²) in [5, 5.41) is 0. The molecule has 72 valence electrons. The molecule has 0 bridgehead atoms. The van der Waals surface area contributed by atoms with Gasteiger partial charge in [0, 0.05) is 5.75 Å². The minimum absolute atomic E-state index is 0. The normalized spacial score (nSPS) is 8.27. The van der Waals surface area contributed by atoms with Crippen molar-refractivity contribution in [1.82, 2.24) is 0 Å². The van der Waals surface area contributed by atoms with Gasteiger partial charge in [0.15, 0.2) is 0 Å². The minimum atomic E-state index is 0. The molecular weight excluding hydrogens is 199 g/mol. The van der Waals surface area contributed by atoms with Gasteiger partial charge in [-0.3, -0.25) is 0 Å². The second-order valence-electron chi connectivity index (χ2n) is 2.65. The van der Waals surface area contributed by atoms with Crippen molar-refractivity contribution in [3.05, 3.63) is 60.7 Å². The Balaban J connectivity index is 0.000000980. The third-order valence-electron chi connectivity index (χ3n) is 1.67. The Morgan fingerprint density at radius 2 is 1.33 bits per heavy atom. The van der Waals surface area contributed by atoms with E-state index < -0.39 is 0 Å². The smallest absolute Gasteiger partial charge is 0.870 e. The van der Waals surface area contributed by atoms with Crippen LogP contribution in [0.25, 0.3) is 0 Å². The van der Waals surface area contributed by atoms with Crippen LogP contribution in [-0.4, -0.2) is 5.48 Å². The average molecular weight is 209 g/mol. The zero-order valence-electron chi connectivity index (χ0n) is 8.55. The van der Waals surface area contributed by atoms with Gasteiger partial charge in [-0.15, -0.1) is 12.1 Å². The largest absolute Gasteiger partial charge is 1.00 e. The van der Waals surface area contributed by atoms with E-state index >= 15 is 0 Å². The Hall–Kier alpha value is -0.800. The SMILES string of the molecule is [Na+].[OH-].[c-]1ccc(Oc2ccccc2)cc1. The predicted octanol–water partition coefficient (Wildman–Crippen LogP) is 0.106. The molecule has 0 aliphatic rings. The van der Waals surface area contributed by atoms with Crippen molar-refractivity contribution in [1.29, 1.82) is 0 Å². The minimum Gasteiger partial charge on any atom is -0.870 e. The Labute approximate surface area is 111 Å². The molecule has 2 aromatic carbocycles. The maximum absolute atomic E-state index is 5.56. The van der Waals surface area contributed by atoms with Crippen molar-refractivity contribution in [3.8, 4) is 11.5 Å². The predicted molar refractivity (Wildman–Crippen MR) is 53.7 cm³/mol. The van der Waals surface area contributed by atoms with Crippen LogP contribution in [0.3, 0.4) is 0 Å². The summed E-state index contributed by atoms with van der Waals surface area (Å²) in [6.07, 6.45) is 0. The van der Waals surface area contributed by atoms with Crippen molar-refractivity contribution in [2.24, 2.45) is 0 Å². The van der Waals surface area contributed by atoms with E-state index in [1.165, 1.54) is 0 Å². The number of hydrogen-bond donors (Lipinski definition) is 0. The van der Waals surface area contributed by atoms with Gasteiger partial charge in [0.05, 0.1) is 0 Å². The summed E-state index contributed by atoms with van der Waals surface area (Å²) in [5.41, 5.74) is 0. The molecule has 15 heavy (non-hydrogen) atoms. The zero-order valence-corrected chi connectivity index (χ0v) is 10.6. The molecule has 0 fully saturated rings. The summed E-state index contributed by atoms with van der Waals surface area (Å²) in [6.45, 7) is 0. The first kappa shape index (κ1) is 14.2. The summed E-state index contributed by atoms with van der Waals surface area (Å²) in [5.74, 6) is 1.69. The summed E-state index contributed by atoms with van der Waals surface area (Å²) in [6, 6.07) is 20.1. The Morgan fingerprint density at radius 1 is 0.800 bits per heavy atom. The average Bonchev–Trinajstić information content (AvgIpc) is 2.21. The molecule has 0 unspecified atom stereocenters. The van der Waals surface area contributed by atoms with Crippen LogP contribution in [-0.2, 0) is 0 Å². The van der Waals surface area contributed by atoms with Crippen molar-refractivity contribution >= 4 is 0 Å². The van der Waals surface area contributed by atoms with Crippen molar-refractivity contribution < 1.29 is 39.8 Å². The molecule has 2 nitrogen and oxygen atoms in total. The molecule has 0 heterocycles. The van der Waals surface area contributed by atoms with Crippen molar-refractivity contribution in [2.75, 3.05) is 0 Å². The zero-order chi connectivity index (χ0) is 8.93. The number of para-hydroxylation sites is 1.